The summed E-state index contributed by atoms with van der Waals surface area (Å²) in [6.07, 6.45) is 9.61. The second kappa shape index (κ2) is 11.4. The molecule has 224 valence electrons. The SMILES string of the molecule is C/C=C\C=C/CC1c2ccccc2N(c2nc3ccccc3nc2-c2ccccc2)C1(C)c1sc2c(ccc3ccccc32)c1C. The van der Waals surface area contributed by atoms with E-state index in [2.05, 4.69) is 159 Å². The van der Waals surface area contributed by atoms with E-state index in [-0.39, 0.29) is 5.92 Å². The molecule has 2 aromatic heterocycles. The van der Waals surface area contributed by atoms with E-state index in [0.29, 0.717) is 0 Å². The van der Waals surface area contributed by atoms with Crippen molar-refractivity contribution in [3.63, 3.8) is 0 Å². The van der Waals surface area contributed by atoms with Crippen molar-refractivity contribution in [1.82, 2.24) is 9.97 Å². The lowest BCUT2D eigenvalue weighted by Gasteiger charge is -2.41. The van der Waals surface area contributed by atoms with E-state index in [0.717, 1.165) is 34.5 Å². The van der Waals surface area contributed by atoms with Crippen LogP contribution < -0.4 is 4.90 Å². The first-order chi connectivity index (χ1) is 22.6. The fourth-order valence-corrected chi connectivity index (χ4v) is 8.95. The molecule has 7 aromatic rings. The van der Waals surface area contributed by atoms with Crippen LogP contribution >= 0.6 is 11.3 Å². The highest BCUT2D eigenvalue weighted by Gasteiger charge is 2.52. The largest absolute Gasteiger partial charge is 0.313 e. The summed E-state index contributed by atoms with van der Waals surface area (Å²) < 4.78 is 1.35. The number of benzene rings is 5. The third-order valence-corrected chi connectivity index (χ3v) is 11.2. The van der Waals surface area contributed by atoms with Gasteiger partial charge in [0, 0.05) is 26.7 Å². The molecule has 4 heteroatoms. The van der Waals surface area contributed by atoms with Gasteiger partial charge in [0.1, 0.15) is 5.69 Å². The van der Waals surface area contributed by atoms with E-state index >= 15 is 0 Å². The summed E-state index contributed by atoms with van der Waals surface area (Å²) in [6.45, 7) is 6.81. The Bertz CT molecular complexity index is 2300. The molecule has 0 N–H and O–H groups in total. The van der Waals surface area contributed by atoms with Gasteiger partial charge in [-0.15, -0.1) is 11.3 Å². The molecule has 3 heterocycles. The summed E-state index contributed by atoms with van der Waals surface area (Å²) in [5, 5.41) is 3.91. The lowest BCUT2D eigenvalue weighted by Crippen LogP contribution is -2.41. The van der Waals surface area contributed by atoms with Crippen molar-refractivity contribution in [2.24, 2.45) is 0 Å². The highest BCUT2D eigenvalue weighted by atomic mass is 32.1. The van der Waals surface area contributed by atoms with Crippen molar-refractivity contribution in [3.05, 3.63) is 156 Å². The van der Waals surface area contributed by atoms with Crippen LogP contribution in [0.2, 0.25) is 0 Å². The molecule has 2 atom stereocenters. The first-order valence-corrected chi connectivity index (χ1v) is 16.8. The Morgan fingerprint density at radius 2 is 1.48 bits per heavy atom. The van der Waals surface area contributed by atoms with E-state index in [1.54, 1.807) is 0 Å². The number of hydrogen-bond acceptors (Lipinski definition) is 4. The van der Waals surface area contributed by atoms with Crippen LogP contribution in [0.3, 0.4) is 0 Å². The lowest BCUT2D eigenvalue weighted by molar-refractivity contribution is 0.417. The maximum Gasteiger partial charge on any atom is 0.161 e. The molecule has 0 saturated heterocycles. The zero-order valence-electron chi connectivity index (χ0n) is 26.3. The third kappa shape index (κ3) is 4.39. The Labute approximate surface area is 274 Å². The molecule has 2 unspecified atom stereocenters. The number of rotatable bonds is 6. The van der Waals surface area contributed by atoms with Gasteiger partial charge in [-0.3, -0.25) is 0 Å². The van der Waals surface area contributed by atoms with Gasteiger partial charge in [-0.1, -0.05) is 121 Å². The van der Waals surface area contributed by atoms with Gasteiger partial charge in [0.05, 0.1) is 16.6 Å². The van der Waals surface area contributed by atoms with Crippen molar-refractivity contribution < 1.29 is 0 Å². The van der Waals surface area contributed by atoms with Gasteiger partial charge in [-0.25, -0.2) is 9.97 Å². The maximum atomic E-state index is 5.47. The number of nitrogens with zero attached hydrogens (tertiary/aromatic N) is 3. The van der Waals surface area contributed by atoms with Gasteiger partial charge >= 0.3 is 0 Å². The van der Waals surface area contributed by atoms with Gasteiger partial charge in [0.15, 0.2) is 5.82 Å². The van der Waals surface area contributed by atoms with Crippen LogP contribution in [0.5, 0.6) is 0 Å². The second-order valence-electron chi connectivity index (χ2n) is 12.3. The van der Waals surface area contributed by atoms with Crippen molar-refractivity contribution in [2.45, 2.75) is 38.6 Å². The highest BCUT2D eigenvalue weighted by Crippen LogP contribution is 2.61. The smallest absolute Gasteiger partial charge is 0.161 e. The third-order valence-electron chi connectivity index (χ3n) is 9.61. The molecule has 1 aliphatic heterocycles. The maximum absolute atomic E-state index is 5.47. The summed E-state index contributed by atoms with van der Waals surface area (Å²) in [6, 6.07) is 41.0. The van der Waals surface area contributed by atoms with Crippen molar-refractivity contribution in [1.29, 1.82) is 0 Å². The number of aryl methyl sites for hydroxylation is 1. The standard InChI is InChI=1S/C42H35N3S/c1-4-5-6-10-22-34-33-21-13-16-25-37(33)45(41-38(30-18-8-7-9-19-30)43-35-23-14-15-24-36(35)44-41)42(34,3)40-28(2)31-27-26-29-17-11-12-20-32(29)39(31)46-40/h4-21,23-27,34H,22H2,1-3H3/b5-4-,10-6-. The first kappa shape index (κ1) is 28.4. The fourth-order valence-electron chi connectivity index (χ4n) is 7.42. The average molecular weight is 614 g/mol. The van der Waals surface area contributed by atoms with Gasteiger partial charge in [0.25, 0.3) is 0 Å². The molecule has 0 spiro atoms. The molecular formula is C42H35N3S. The number of para-hydroxylation sites is 3. The molecule has 0 fully saturated rings. The van der Waals surface area contributed by atoms with Crippen molar-refractivity contribution in [2.75, 3.05) is 4.90 Å². The van der Waals surface area contributed by atoms with Gasteiger partial charge in [-0.05, 0) is 72.7 Å². The fraction of sp³-hybridized carbons (Fsp3) is 0.143. The van der Waals surface area contributed by atoms with Gasteiger partial charge in [-0.2, -0.15) is 0 Å². The predicted molar refractivity (Wildman–Crippen MR) is 196 cm³/mol. The number of allylic oxidation sites excluding steroid dienone is 4. The summed E-state index contributed by atoms with van der Waals surface area (Å²) in [7, 11) is 0. The van der Waals surface area contributed by atoms with E-state index in [1.807, 2.05) is 17.4 Å². The number of fused-ring (bicyclic) bond motifs is 5. The molecule has 5 aromatic carbocycles. The summed E-state index contributed by atoms with van der Waals surface area (Å²) in [5.74, 6) is 1.07. The number of anilines is 2. The molecule has 0 radical (unpaired) electrons. The molecule has 8 rings (SSSR count). The number of hydrogen-bond donors (Lipinski definition) is 0. The summed E-state index contributed by atoms with van der Waals surface area (Å²) in [5.41, 5.74) is 7.18. The molecule has 46 heavy (non-hydrogen) atoms. The number of thiophene rings is 1. The number of aromatic nitrogens is 2. The lowest BCUT2D eigenvalue weighted by atomic mass is 9.78. The topological polar surface area (TPSA) is 29.0 Å². The monoisotopic (exact) mass is 613 g/mol. The van der Waals surface area contributed by atoms with Crippen molar-refractivity contribution >= 4 is 54.7 Å². The van der Waals surface area contributed by atoms with Crippen LogP contribution in [0, 0.1) is 6.92 Å². The minimum Gasteiger partial charge on any atom is -0.313 e. The Morgan fingerprint density at radius 3 is 2.30 bits per heavy atom. The van der Waals surface area contributed by atoms with Crippen LogP contribution in [-0.2, 0) is 5.54 Å². The Balaban J connectivity index is 1.46. The quantitative estimate of drug-likeness (QED) is 0.175. The Hall–Kier alpha value is -5.06. The first-order valence-electron chi connectivity index (χ1n) is 16.0. The zero-order chi connectivity index (χ0) is 31.3. The van der Waals surface area contributed by atoms with Gasteiger partial charge < -0.3 is 4.90 Å². The molecular weight excluding hydrogens is 579 g/mol. The Morgan fingerprint density at radius 1 is 0.761 bits per heavy atom. The Kier molecular flexibility index (Phi) is 7.03. The van der Waals surface area contributed by atoms with E-state index in [4.69, 9.17) is 9.97 Å². The highest BCUT2D eigenvalue weighted by molar-refractivity contribution is 7.20. The molecule has 3 nitrogen and oxygen atoms in total. The minimum absolute atomic E-state index is 0.181. The molecule has 0 bridgehead atoms. The average Bonchev–Trinajstić information content (AvgIpc) is 3.58. The molecule has 0 amide bonds. The normalized spacial score (nSPS) is 18.1. The van der Waals surface area contributed by atoms with Crippen LogP contribution in [0.15, 0.2) is 140 Å². The predicted octanol–water partition coefficient (Wildman–Crippen LogP) is 11.6. The molecule has 1 aliphatic rings. The van der Waals surface area contributed by atoms with E-state index in [9.17, 15) is 0 Å². The van der Waals surface area contributed by atoms with Crippen LogP contribution in [0.4, 0.5) is 11.5 Å². The zero-order valence-corrected chi connectivity index (χ0v) is 27.1. The summed E-state index contributed by atoms with van der Waals surface area (Å²) >= 11 is 1.94. The van der Waals surface area contributed by atoms with E-state index in [1.165, 1.54) is 42.6 Å². The second-order valence-corrected chi connectivity index (χ2v) is 13.3. The van der Waals surface area contributed by atoms with Crippen LogP contribution in [0.25, 0.3) is 43.1 Å². The van der Waals surface area contributed by atoms with Crippen molar-refractivity contribution in [3.8, 4) is 11.3 Å². The molecule has 0 saturated carbocycles. The van der Waals surface area contributed by atoms with Crippen LogP contribution in [-0.4, -0.2) is 9.97 Å². The molecule has 0 aliphatic carbocycles. The minimum atomic E-state index is -0.445. The van der Waals surface area contributed by atoms with Crippen LogP contribution in [0.1, 0.15) is 42.2 Å². The van der Waals surface area contributed by atoms with Gasteiger partial charge in [0.2, 0.25) is 0 Å². The van der Waals surface area contributed by atoms with E-state index < -0.39 is 5.54 Å². The summed E-state index contributed by atoms with van der Waals surface area (Å²) in [4.78, 5) is 14.7.